The molecule has 96 valence electrons. The fourth-order valence-electron chi connectivity index (χ4n) is 1.92. The van der Waals surface area contributed by atoms with Crippen molar-refractivity contribution in [3.05, 3.63) is 0 Å². The average Bonchev–Trinajstić information content (AvgIpc) is 2.23. The molecule has 1 N–H and O–H groups in total. The first kappa shape index (κ1) is 15.5. The first-order valence-corrected chi connectivity index (χ1v) is 7.00. The number of carbonyl (C=O) groups excluding carboxylic acids is 1. The summed E-state index contributed by atoms with van der Waals surface area (Å²) in [6.07, 6.45) is 10.4. The van der Waals surface area contributed by atoms with Gasteiger partial charge in [-0.05, 0) is 19.8 Å². The van der Waals surface area contributed by atoms with Crippen LogP contribution in [-0.4, -0.2) is 11.9 Å². The van der Waals surface area contributed by atoms with Crippen LogP contribution in [0.2, 0.25) is 0 Å². The Morgan fingerprint density at radius 3 is 2.25 bits per heavy atom. The Bertz CT molecular complexity index is 168. The molecule has 2 nitrogen and oxygen atoms in total. The molecule has 2 heteroatoms. The molecule has 1 unspecified atom stereocenters. The largest absolute Gasteiger partial charge is 0.354 e. The monoisotopic (exact) mass is 227 g/mol. The lowest BCUT2D eigenvalue weighted by molar-refractivity contribution is -0.121. The molecule has 0 rings (SSSR count). The zero-order valence-corrected chi connectivity index (χ0v) is 11.3. The highest BCUT2D eigenvalue weighted by Crippen LogP contribution is 2.07. The van der Waals surface area contributed by atoms with Gasteiger partial charge in [-0.15, -0.1) is 0 Å². The molecule has 0 spiro atoms. The van der Waals surface area contributed by atoms with E-state index in [4.69, 9.17) is 0 Å². The van der Waals surface area contributed by atoms with Crippen LogP contribution in [0.3, 0.4) is 0 Å². The predicted octanol–water partition coefficient (Wildman–Crippen LogP) is 4.04. The van der Waals surface area contributed by atoms with Crippen LogP contribution in [0.15, 0.2) is 0 Å². The summed E-state index contributed by atoms with van der Waals surface area (Å²) in [5.74, 6) is 0.233. The lowest BCUT2D eigenvalue weighted by Gasteiger charge is -2.12. The van der Waals surface area contributed by atoms with Gasteiger partial charge in [0.15, 0.2) is 0 Å². The van der Waals surface area contributed by atoms with Gasteiger partial charge >= 0.3 is 0 Å². The molecule has 0 bridgehead atoms. The number of unbranched alkanes of at least 4 members (excludes halogenated alkanes) is 5. The average molecular weight is 227 g/mol. The van der Waals surface area contributed by atoms with Crippen LogP contribution < -0.4 is 5.32 Å². The Hall–Kier alpha value is -0.530. The highest BCUT2D eigenvalue weighted by atomic mass is 16.1. The SMILES string of the molecule is CCCCCCCCC(=O)NC(C)CCC. The van der Waals surface area contributed by atoms with Crippen molar-refractivity contribution in [2.75, 3.05) is 0 Å². The van der Waals surface area contributed by atoms with Gasteiger partial charge in [-0.2, -0.15) is 0 Å². The van der Waals surface area contributed by atoms with E-state index in [0.717, 1.165) is 19.3 Å². The van der Waals surface area contributed by atoms with E-state index >= 15 is 0 Å². The van der Waals surface area contributed by atoms with Crippen LogP contribution >= 0.6 is 0 Å². The van der Waals surface area contributed by atoms with Gasteiger partial charge in [-0.1, -0.05) is 52.4 Å². The summed E-state index contributed by atoms with van der Waals surface area (Å²) in [4.78, 5) is 11.5. The van der Waals surface area contributed by atoms with Crippen LogP contribution in [0.1, 0.15) is 78.6 Å². The van der Waals surface area contributed by atoms with E-state index in [-0.39, 0.29) is 5.91 Å². The molecule has 0 radical (unpaired) electrons. The van der Waals surface area contributed by atoms with E-state index in [1.807, 2.05) is 0 Å². The molecule has 0 saturated heterocycles. The van der Waals surface area contributed by atoms with Gasteiger partial charge in [0.05, 0.1) is 0 Å². The van der Waals surface area contributed by atoms with Crippen molar-refractivity contribution >= 4 is 5.91 Å². The third-order valence-corrected chi connectivity index (χ3v) is 2.89. The van der Waals surface area contributed by atoms with Crippen LogP contribution in [-0.2, 0) is 4.79 Å². The van der Waals surface area contributed by atoms with Crippen LogP contribution in [0.25, 0.3) is 0 Å². The maximum Gasteiger partial charge on any atom is 0.220 e. The number of carbonyl (C=O) groups is 1. The van der Waals surface area contributed by atoms with Crippen molar-refractivity contribution < 1.29 is 4.79 Å². The van der Waals surface area contributed by atoms with Gasteiger partial charge in [0, 0.05) is 12.5 Å². The number of hydrogen-bond donors (Lipinski definition) is 1. The maximum atomic E-state index is 11.5. The number of nitrogens with one attached hydrogen (secondary N) is 1. The highest BCUT2D eigenvalue weighted by Gasteiger charge is 2.05. The molecule has 0 aliphatic heterocycles. The van der Waals surface area contributed by atoms with Crippen LogP contribution in [0, 0.1) is 0 Å². The van der Waals surface area contributed by atoms with Gasteiger partial charge in [0.2, 0.25) is 5.91 Å². The smallest absolute Gasteiger partial charge is 0.220 e. The Morgan fingerprint density at radius 1 is 1.00 bits per heavy atom. The summed E-state index contributed by atoms with van der Waals surface area (Å²) in [6.45, 7) is 6.46. The van der Waals surface area contributed by atoms with Crippen molar-refractivity contribution in [1.29, 1.82) is 0 Å². The molecule has 16 heavy (non-hydrogen) atoms. The van der Waals surface area contributed by atoms with Gasteiger partial charge in [-0.25, -0.2) is 0 Å². The molecule has 0 aromatic rings. The Labute approximate surface area is 101 Å². The normalized spacial score (nSPS) is 12.4. The summed E-state index contributed by atoms with van der Waals surface area (Å²) in [7, 11) is 0. The fourth-order valence-corrected chi connectivity index (χ4v) is 1.92. The summed E-state index contributed by atoms with van der Waals surface area (Å²) in [6, 6.07) is 0.345. The molecule has 0 aliphatic rings. The second-order valence-corrected chi connectivity index (χ2v) is 4.78. The first-order chi connectivity index (χ1) is 7.70. The first-order valence-electron chi connectivity index (χ1n) is 7.00. The zero-order chi connectivity index (χ0) is 12.2. The Kier molecular flexibility index (Phi) is 10.6. The highest BCUT2D eigenvalue weighted by molar-refractivity contribution is 5.76. The minimum absolute atomic E-state index is 0.233. The molecule has 0 saturated carbocycles. The quantitative estimate of drug-likeness (QED) is 0.561. The topological polar surface area (TPSA) is 29.1 Å². The van der Waals surface area contributed by atoms with Crippen molar-refractivity contribution in [3.63, 3.8) is 0 Å². The minimum atomic E-state index is 0.233. The van der Waals surface area contributed by atoms with Crippen molar-refractivity contribution in [2.24, 2.45) is 0 Å². The van der Waals surface area contributed by atoms with E-state index in [0.29, 0.717) is 12.5 Å². The van der Waals surface area contributed by atoms with E-state index in [1.54, 1.807) is 0 Å². The molecule has 0 heterocycles. The van der Waals surface area contributed by atoms with Gasteiger partial charge in [-0.3, -0.25) is 4.79 Å². The summed E-state index contributed by atoms with van der Waals surface area (Å²) >= 11 is 0. The van der Waals surface area contributed by atoms with E-state index in [9.17, 15) is 4.79 Å². The second-order valence-electron chi connectivity index (χ2n) is 4.78. The second kappa shape index (κ2) is 11.0. The fraction of sp³-hybridized carbons (Fsp3) is 0.929. The molecular formula is C14H29NO. The third-order valence-electron chi connectivity index (χ3n) is 2.89. The number of rotatable bonds is 10. The Morgan fingerprint density at radius 2 is 1.62 bits per heavy atom. The summed E-state index contributed by atoms with van der Waals surface area (Å²) < 4.78 is 0. The van der Waals surface area contributed by atoms with E-state index < -0.39 is 0 Å². The van der Waals surface area contributed by atoms with Crippen molar-refractivity contribution in [1.82, 2.24) is 5.32 Å². The summed E-state index contributed by atoms with van der Waals surface area (Å²) in [5, 5.41) is 3.04. The number of hydrogen-bond acceptors (Lipinski definition) is 1. The van der Waals surface area contributed by atoms with Crippen LogP contribution in [0.5, 0.6) is 0 Å². The predicted molar refractivity (Wildman–Crippen MR) is 70.5 cm³/mol. The summed E-state index contributed by atoms with van der Waals surface area (Å²) in [5.41, 5.74) is 0. The third kappa shape index (κ3) is 10.0. The van der Waals surface area contributed by atoms with Gasteiger partial charge in [0.1, 0.15) is 0 Å². The molecule has 0 aromatic carbocycles. The lowest BCUT2D eigenvalue weighted by atomic mass is 10.1. The van der Waals surface area contributed by atoms with Crippen molar-refractivity contribution in [2.45, 2.75) is 84.6 Å². The van der Waals surface area contributed by atoms with Crippen LogP contribution in [0.4, 0.5) is 0 Å². The van der Waals surface area contributed by atoms with E-state index in [2.05, 4.69) is 26.1 Å². The Balaban J connectivity index is 3.30. The van der Waals surface area contributed by atoms with E-state index in [1.165, 1.54) is 32.1 Å². The molecule has 0 aliphatic carbocycles. The zero-order valence-electron chi connectivity index (χ0n) is 11.3. The standard InChI is InChI=1S/C14H29NO/c1-4-6-7-8-9-10-12-14(16)15-13(3)11-5-2/h13H,4-12H2,1-3H3,(H,15,16). The number of amides is 1. The van der Waals surface area contributed by atoms with Gasteiger partial charge < -0.3 is 5.32 Å². The molecule has 1 amide bonds. The molecule has 1 atom stereocenters. The van der Waals surface area contributed by atoms with Gasteiger partial charge in [0.25, 0.3) is 0 Å². The molecule has 0 fully saturated rings. The molecule has 0 aromatic heterocycles. The maximum absolute atomic E-state index is 11.5. The lowest BCUT2D eigenvalue weighted by Crippen LogP contribution is -2.32. The van der Waals surface area contributed by atoms with Crippen molar-refractivity contribution in [3.8, 4) is 0 Å². The molecular weight excluding hydrogens is 198 g/mol. The minimum Gasteiger partial charge on any atom is -0.354 e.